The van der Waals surface area contributed by atoms with Crippen molar-refractivity contribution >= 4 is 17.2 Å². The van der Waals surface area contributed by atoms with Crippen LogP contribution in [0, 0.1) is 12.7 Å². The van der Waals surface area contributed by atoms with E-state index < -0.39 is 5.82 Å². The number of aryl methyl sites for hydroxylation is 1. The van der Waals surface area contributed by atoms with E-state index in [-0.39, 0.29) is 18.1 Å². The fraction of sp³-hybridized carbons (Fsp3) is 0.250. The van der Waals surface area contributed by atoms with E-state index in [4.69, 9.17) is 0 Å². The van der Waals surface area contributed by atoms with E-state index in [1.165, 1.54) is 17.2 Å². The molecule has 0 saturated heterocycles. The van der Waals surface area contributed by atoms with Crippen molar-refractivity contribution in [3.8, 4) is 0 Å². The smallest absolute Gasteiger partial charge is 0.238 e. The lowest BCUT2D eigenvalue weighted by molar-refractivity contribution is -0.117. The van der Waals surface area contributed by atoms with E-state index in [9.17, 15) is 9.18 Å². The summed E-state index contributed by atoms with van der Waals surface area (Å²) in [5, 5.41) is 2.65. The summed E-state index contributed by atoms with van der Waals surface area (Å²) in [6, 6.07) is 15.1. The molecule has 1 aliphatic rings. The molecule has 3 rings (SSSR count). The molecule has 0 bridgehead atoms. The first kappa shape index (κ1) is 16.4. The van der Waals surface area contributed by atoms with E-state index in [0.717, 1.165) is 25.1 Å². The third-order valence-electron chi connectivity index (χ3n) is 4.20. The molecule has 1 heterocycles. The number of halogens is 1. The van der Waals surface area contributed by atoms with Gasteiger partial charge in [-0.3, -0.25) is 9.69 Å². The molecule has 0 fully saturated rings. The summed E-state index contributed by atoms with van der Waals surface area (Å²) in [6.07, 6.45) is 3.08. The Morgan fingerprint density at radius 3 is 2.67 bits per heavy atom. The minimum atomic E-state index is -0.395. The van der Waals surface area contributed by atoms with Gasteiger partial charge in [0.05, 0.1) is 12.2 Å². The Kier molecular flexibility index (Phi) is 5.06. The standard InChI is InChI=1S/C20H21FN2O/c1-15-7-8-19(18(21)13-15)22-20(24)14-23-11-9-17(10-12-23)16-5-3-2-4-6-16/h2-9,13H,10-12,14H2,1H3,(H,22,24). The zero-order valence-electron chi connectivity index (χ0n) is 13.8. The summed E-state index contributed by atoms with van der Waals surface area (Å²) in [5.74, 6) is -0.581. The molecule has 1 aliphatic heterocycles. The summed E-state index contributed by atoms with van der Waals surface area (Å²) in [5.41, 5.74) is 3.63. The Morgan fingerprint density at radius 2 is 2.00 bits per heavy atom. The van der Waals surface area contributed by atoms with Gasteiger partial charge in [-0.2, -0.15) is 0 Å². The minimum Gasteiger partial charge on any atom is -0.322 e. The molecule has 2 aromatic rings. The molecule has 0 aliphatic carbocycles. The summed E-state index contributed by atoms with van der Waals surface area (Å²) >= 11 is 0. The molecule has 0 atom stereocenters. The van der Waals surface area contributed by atoms with Gasteiger partial charge in [0.2, 0.25) is 5.91 Å². The van der Waals surface area contributed by atoms with E-state index in [2.05, 4.69) is 28.4 Å². The van der Waals surface area contributed by atoms with Gasteiger partial charge in [-0.15, -0.1) is 0 Å². The number of hydrogen-bond donors (Lipinski definition) is 1. The zero-order chi connectivity index (χ0) is 16.9. The van der Waals surface area contributed by atoms with Crippen molar-refractivity contribution in [3.63, 3.8) is 0 Å². The van der Waals surface area contributed by atoms with Crippen molar-refractivity contribution in [1.82, 2.24) is 4.90 Å². The van der Waals surface area contributed by atoms with Crippen LogP contribution < -0.4 is 5.32 Å². The largest absolute Gasteiger partial charge is 0.322 e. The Labute approximate surface area is 141 Å². The maximum atomic E-state index is 13.8. The second kappa shape index (κ2) is 7.41. The molecule has 1 amide bonds. The average molecular weight is 324 g/mol. The highest BCUT2D eigenvalue weighted by molar-refractivity contribution is 5.92. The Morgan fingerprint density at radius 1 is 1.21 bits per heavy atom. The molecule has 0 unspecified atom stereocenters. The van der Waals surface area contributed by atoms with Crippen LogP contribution in [0.1, 0.15) is 17.5 Å². The van der Waals surface area contributed by atoms with Crippen molar-refractivity contribution in [1.29, 1.82) is 0 Å². The van der Waals surface area contributed by atoms with Gasteiger partial charge in [-0.1, -0.05) is 42.5 Å². The van der Waals surface area contributed by atoms with Crippen molar-refractivity contribution in [2.24, 2.45) is 0 Å². The van der Waals surface area contributed by atoms with E-state index in [1.54, 1.807) is 12.1 Å². The van der Waals surface area contributed by atoms with Crippen molar-refractivity contribution in [3.05, 3.63) is 71.6 Å². The predicted molar refractivity (Wildman–Crippen MR) is 95.2 cm³/mol. The summed E-state index contributed by atoms with van der Waals surface area (Å²) in [4.78, 5) is 14.2. The molecular weight excluding hydrogens is 303 g/mol. The zero-order valence-corrected chi connectivity index (χ0v) is 13.8. The van der Waals surface area contributed by atoms with Gasteiger partial charge >= 0.3 is 0 Å². The fourth-order valence-corrected chi connectivity index (χ4v) is 2.88. The number of anilines is 1. The number of carbonyl (C=O) groups is 1. The first-order valence-corrected chi connectivity index (χ1v) is 8.14. The van der Waals surface area contributed by atoms with Crippen LogP contribution in [0.2, 0.25) is 0 Å². The Hall–Kier alpha value is -2.46. The third kappa shape index (κ3) is 4.09. The number of nitrogens with one attached hydrogen (secondary N) is 1. The Bertz CT molecular complexity index is 755. The SMILES string of the molecule is Cc1ccc(NC(=O)CN2CC=C(c3ccccc3)CC2)c(F)c1. The number of hydrogen-bond acceptors (Lipinski definition) is 2. The van der Waals surface area contributed by atoms with Crippen molar-refractivity contribution < 1.29 is 9.18 Å². The summed E-state index contributed by atoms with van der Waals surface area (Å²) in [7, 11) is 0. The molecule has 4 heteroatoms. The molecule has 24 heavy (non-hydrogen) atoms. The lowest BCUT2D eigenvalue weighted by Crippen LogP contribution is -2.36. The van der Waals surface area contributed by atoms with Gasteiger partial charge in [0.1, 0.15) is 5.82 Å². The highest BCUT2D eigenvalue weighted by Gasteiger charge is 2.16. The summed E-state index contributed by atoms with van der Waals surface area (Å²) in [6.45, 7) is 3.64. The van der Waals surface area contributed by atoms with Gasteiger partial charge in [-0.25, -0.2) is 4.39 Å². The lowest BCUT2D eigenvalue weighted by Gasteiger charge is -2.26. The van der Waals surface area contributed by atoms with E-state index in [1.807, 2.05) is 25.1 Å². The van der Waals surface area contributed by atoms with Gasteiger partial charge in [0.25, 0.3) is 0 Å². The Balaban J connectivity index is 1.56. The van der Waals surface area contributed by atoms with Crippen LogP contribution in [0.3, 0.4) is 0 Å². The highest BCUT2D eigenvalue weighted by Crippen LogP contribution is 2.22. The first-order chi connectivity index (χ1) is 11.6. The van der Waals surface area contributed by atoms with E-state index >= 15 is 0 Å². The lowest BCUT2D eigenvalue weighted by atomic mass is 10.00. The number of nitrogens with zero attached hydrogens (tertiary/aromatic N) is 1. The second-order valence-electron chi connectivity index (χ2n) is 6.11. The predicted octanol–water partition coefficient (Wildman–Crippen LogP) is 3.86. The molecule has 1 N–H and O–H groups in total. The minimum absolute atomic E-state index is 0.186. The fourth-order valence-electron chi connectivity index (χ4n) is 2.88. The highest BCUT2D eigenvalue weighted by atomic mass is 19.1. The van der Waals surface area contributed by atoms with Crippen molar-refractivity contribution in [2.75, 3.05) is 25.0 Å². The van der Waals surface area contributed by atoms with Crippen LogP contribution in [0.4, 0.5) is 10.1 Å². The van der Waals surface area contributed by atoms with Gasteiger partial charge in [0.15, 0.2) is 0 Å². The maximum absolute atomic E-state index is 13.8. The van der Waals surface area contributed by atoms with Gasteiger partial charge in [0, 0.05) is 13.1 Å². The van der Waals surface area contributed by atoms with E-state index in [0.29, 0.717) is 0 Å². The molecular formula is C20H21FN2O. The van der Waals surface area contributed by atoms with Crippen molar-refractivity contribution in [2.45, 2.75) is 13.3 Å². The number of benzene rings is 2. The van der Waals surface area contributed by atoms with Crippen LogP contribution in [0.25, 0.3) is 5.57 Å². The molecule has 0 radical (unpaired) electrons. The van der Waals surface area contributed by atoms with Crippen LogP contribution in [-0.2, 0) is 4.79 Å². The average Bonchev–Trinajstić information content (AvgIpc) is 2.59. The number of amides is 1. The monoisotopic (exact) mass is 324 g/mol. The van der Waals surface area contributed by atoms with Gasteiger partial charge in [-0.05, 0) is 42.2 Å². The normalized spacial score (nSPS) is 15.0. The molecule has 0 spiro atoms. The van der Waals surface area contributed by atoms with Crippen LogP contribution in [-0.4, -0.2) is 30.4 Å². The van der Waals surface area contributed by atoms with Crippen LogP contribution in [0.15, 0.2) is 54.6 Å². The molecule has 0 saturated carbocycles. The molecule has 124 valence electrons. The second-order valence-corrected chi connectivity index (χ2v) is 6.11. The van der Waals surface area contributed by atoms with Crippen LogP contribution in [0.5, 0.6) is 0 Å². The van der Waals surface area contributed by atoms with Gasteiger partial charge < -0.3 is 5.32 Å². The number of carbonyl (C=O) groups excluding carboxylic acids is 1. The molecule has 3 nitrogen and oxygen atoms in total. The third-order valence-corrected chi connectivity index (χ3v) is 4.20. The quantitative estimate of drug-likeness (QED) is 0.926. The first-order valence-electron chi connectivity index (χ1n) is 8.14. The number of rotatable bonds is 4. The molecule has 2 aromatic carbocycles. The maximum Gasteiger partial charge on any atom is 0.238 e. The topological polar surface area (TPSA) is 32.3 Å². The summed E-state index contributed by atoms with van der Waals surface area (Å²) < 4.78 is 13.8. The molecule has 0 aromatic heterocycles. The van der Waals surface area contributed by atoms with Crippen LogP contribution >= 0.6 is 0 Å².